The van der Waals surface area contributed by atoms with Crippen LogP contribution in [0, 0.1) is 11.3 Å². The molecule has 18 heavy (non-hydrogen) atoms. The highest BCUT2D eigenvalue weighted by Crippen LogP contribution is 2.33. The quantitative estimate of drug-likeness (QED) is 0.865. The molecule has 1 amide bonds. The van der Waals surface area contributed by atoms with Crippen molar-refractivity contribution in [2.45, 2.75) is 31.7 Å². The third-order valence-corrected chi connectivity index (χ3v) is 2.99. The number of carbonyl (C=O) groups excluding carboxylic acids is 1. The third-order valence-electron chi connectivity index (χ3n) is 2.99. The molecule has 94 valence electrons. The number of fused-ring (bicyclic) bond motifs is 1. The molecule has 0 saturated heterocycles. The topological polar surface area (TPSA) is 62.1 Å². The first-order valence-electron chi connectivity index (χ1n) is 5.98. The molecular weight excluding hydrogens is 228 g/mol. The fraction of sp³-hybridized carbons (Fsp3) is 0.429. The minimum atomic E-state index is -0.843. The Balaban J connectivity index is 2.21. The van der Waals surface area contributed by atoms with E-state index < -0.39 is 5.54 Å². The summed E-state index contributed by atoms with van der Waals surface area (Å²) in [5.74, 6) is 0.415. The van der Waals surface area contributed by atoms with Crippen LogP contribution in [-0.2, 0) is 4.79 Å². The Labute approximate surface area is 107 Å². The lowest BCUT2D eigenvalue weighted by Crippen LogP contribution is -2.45. The fourth-order valence-corrected chi connectivity index (χ4v) is 2.04. The fourth-order valence-electron chi connectivity index (χ4n) is 2.04. The molecule has 0 fully saturated rings. The van der Waals surface area contributed by atoms with Gasteiger partial charge in [-0.2, -0.15) is 5.26 Å². The van der Waals surface area contributed by atoms with Gasteiger partial charge >= 0.3 is 0 Å². The van der Waals surface area contributed by atoms with Crippen molar-refractivity contribution in [3.05, 3.63) is 29.8 Å². The minimum Gasteiger partial charge on any atom is -0.493 e. The normalized spacial score (nSPS) is 18.2. The lowest BCUT2D eigenvalue weighted by Gasteiger charge is -2.27. The molecular formula is C14H16N2O2. The van der Waals surface area contributed by atoms with E-state index in [4.69, 9.17) is 10.00 Å². The van der Waals surface area contributed by atoms with Crippen LogP contribution in [-0.4, -0.2) is 18.1 Å². The number of amides is 1. The molecule has 2 rings (SSSR count). The van der Waals surface area contributed by atoms with Crippen LogP contribution in [0.3, 0.4) is 0 Å². The van der Waals surface area contributed by atoms with Crippen molar-refractivity contribution < 1.29 is 9.53 Å². The number of rotatable bonds is 2. The van der Waals surface area contributed by atoms with Gasteiger partial charge in [0, 0.05) is 5.56 Å². The van der Waals surface area contributed by atoms with Crippen LogP contribution < -0.4 is 10.1 Å². The van der Waals surface area contributed by atoms with Crippen molar-refractivity contribution in [1.29, 1.82) is 5.26 Å². The van der Waals surface area contributed by atoms with Gasteiger partial charge in [0.1, 0.15) is 11.3 Å². The van der Waals surface area contributed by atoms with Crippen molar-refractivity contribution >= 4 is 5.91 Å². The Morgan fingerprint density at radius 1 is 1.50 bits per heavy atom. The highest BCUT2D eigenvalue weighted by molar-refractivity contribution is 5.85. The third kappa shape index (κ3) is 2.45. The number of hydrogen-bond donors (Lipinski definition) is 1. The van der Waals surface area contributed by atoms with E-state index in [-0.39, 0.29) is 11.8 Å². The van der Waals surface area contributed by atoms with Crippen molar-refractivity contribution in [2.24, 2.45) is 0 Å². The number of hydrogen-bond acceptors (Lipinski definition) is 3. The molecule has 0 aliphatic carbocycles. The molecule has 0 bridgehead atoms. The summed E-state index contributed by atoms with van der Waals surface area (Å²) >= 11 is 0. The Bertz CT molecular complexity index is 503. The number of carbonyl (C=O) groups is 1. The van der Waals surface area contributed by atoms with Crippen molar-refractivity contribution in [3.8, 4) is 11.8 Å². The summed E-state index contributed by atoms with van der Waals surface area (Å²) < 4.78 is 5.52. The SMILES string of the molecule is CC(C)(C#N)NC(=O)C1CCOc2ccccc21. The molecule has 4 heteroatoms. The largest absolute Gasteiger partial charge is 0.493 e. The molecule has 1 aromatic rings. The number of para-hydroxylation sites is 1. The smallest absolute Gasteiger partial charge is 0.229 e. The zero-order valence-electron chi connectivity index (χ0n) is 10.6. The summed E-state index contributed by atoms with van der Waals surface area (Å²) in [5, 5.41) is 11.7. The maximum atomic E-state index is 12.2. The summed E-state index contributed by atoms with van der Waals surface area (Å²) in [5.41, 5.74) is 0.0552. The van der Waals surface area contributed by atoms with E-state index in [0.29, 0.717) is 13.0 Å². The second-order valence-electron chi connectivity index (χ2n) is 4.95. The molecule has 0 saturated carbocycles. The van der Waals surface area contributed by atoms with E-state index in [9.17, 15) is 4.79 Å². The van der Waals surface area contributed by atoms with E-state index >= 15 is 0 Å². The highest BCUT2D eigenvalue weighted by atomic mass is 16.5. The average Bonchev–Trinajstić information content (AvgIpc) is 2.37. The molecule has 1 unspecified atom stereocenters. The standard InChI is InChI=1S/C14H16N2O2/c1-14(2,9-15)16-13(17)11-7-8-18-12-6-4-3-5-10(11)12/h3-6,11H,7-8H2,1-2H3,(H,16,17). The first kappa shape index (κ1) is 12.4. The van der Waals surface area contributed by atoms with Gasteiger partial charge in [-0.3, -0.25) is 4.79 Å². The lowest BCUT2D eigenvalue weighted by atomic mass is 9.91. The number of nitrogens with one attached hydrogen (secondary N) is 1. The Kier molecular flexibility index (Phi) is 3.24. The predicted molar refractivity (Wildman–Crippen MR) is 67.1 cm³/mol. The van der Waals surface area contributed by atoms with Gasteiger partial charge < -0.3 is 10.1 Å². The van der Waals surface area contributed by atoms with Gasteiger partial charge in [-0.1, -0.05) is 18.2 Å². The average molecular weight is 244 g/mol. The summed E-state index contributed by atoms with van der Waals surface area (Å²) in [6, 6.07) is 9.62. The molecule has 1 aliphatic rings. The number of benzene rings is 1. The van der Waals surface area contributed by atoms with Crippen LogP contribution in [0.15, 0.2) is 24.3 Å². The van der Waals surface area contributed by atoms with Crippen LogP contribution in [0.4, 0.5) is 0 Å². The van der Waals surface area contributed by atoms with Crippen LogP contribution >= 0.6 is 0 Å². The van der Waals surface area contributed by atoms with E-state index in [2.05, 4.69) is 11.4 Å². The molecule has 4 nitrogen and oxygen atoms in total. The van der Waals surface area contributed by atoms with Crippen LogP contribution in [0.5, 0.6) is 5.75 Å². The molecule has 0 spiro atoms. The van der Waals surface area contributed by atoms with Crippen LogP contribution in [0.25, 0.3) is 0 Å². The number of ether oxygens (including phenoxy) is 1. The van der Waals surface area contributed by atoms with Crippen molar-refractivity contribution in [1.82, 2.24) is 5.32 Å². The van der Waals surface area contributed by atoms with Crippen molar-refractivity contribution in [2.75, 3.05) is 6.61 Å². The van der Waals surface area contributed by atoms with Gasteiger partial charge in [-0.15, -0.1) is 0 Å². The second-order valence-corrected chi connectivity index (χ2v) is 4.95. The van der Waals surface area contributed by atoms with Gasteiger partial charge in [0.25, 0.3) is 0 Å². The van der Waals surface area contributed by atoms with Crippen molar-refractivity contribution in [3.63, 3.8) is 0 Å². The summed E-state index contributed by atoms with van der Waals surface area (Å²) in [6.45, 7) is 3.91. The Morgan fingerprint density at radius 2 is 2.22 bits per heavy atom. The Morgan fingerprint density at radius 3 is 2.94 bits per heavy atom. The van der Waals surface area contributed by atoms with Gasteiger partial charge in [0.2, 0.25) is 5.91 Å². The predicted octanol–water partition coefficient (Wildman–Crippen LogP) is 1.97. The maximum absolute atomic E-state index is 12.2. The summed E-state index contributed by atoms with van der Waals surface area (Å²) in [4.78, 5) is 12.2. The first-order valence-corrected chi connectivity index (χ1v) is 5.98. The number of nitriles is 1. The Hall–Kier alpha value is -2.02. The first-order chi connectivity index (χ1) is 8.53. The van der Waals surface area contributed by atoms with Crippen LogP contribution in [0.2, 0.25) is 0 Å². The molecule has 1 atom stereocenters. The lowest BCUT2D eigenvalue weighted by molar-refractivity contribution is -0.124. The van der Waals surface area contributed by atoms with E-state index in [0.717, 1.165) is 11.3 Å². The molecule has 1 aliphatic heterocycles. The maximum Gasteiger partial charge on any atom is 0.229 e. The van der Waals surface area contributed by atoms with Gasteiger partial charge in [-0.25, -0.2) is 0 Å². The molecule has 0 radical (unpaired) electrons. The van der Waals surface area contributed by atoms with E-state index in [1.54, 1.807) is 13.8 Å². The number of nitrogens with zero attached hydrogens (tertiary/aromatic N) is 1. The monoisotopic (exact) mass is 244 g/mol. The highest BCUT2D eigenvalue weighted by Gasteiger charge is 2.30. The molecule has 1 aromatic carbocycles. The summed E-state index contributed by atoms with van der Waals surface area (Å²) in [7, 11) is 0. The molecule has 0 aromatic heterocycles. The van der Waals surface area contributed by atoms with E-state index in [1.165, 1.54) is 0 Å². The second kappa shape index (κ2) is 4.69. The van der Waals surface area contributed by atoms with Gasteiger partial charge in [0.15, 0.2) is 0 Å². The summed E-state index contributed by atoms with van der Waals surface area (Å²) in [6.07, 6.45) is 0.643. The minimum absolute atomic E-state index is 0.114. The van der Waals surface area contributed by atoms with Gasteiger partial charge in [0.05, 0.1) is 18.6 Å². The molecule has 1 heterocycles. The zero-order valence-corrected chi connectivity index (χ0v) is 10.6. The van der Waals surface area contributed by atoms with Gasteiger partial charge in [-0.05, 0) is 26.3 Å². The van der Waals surface area contributed by atoms with E-state index in [1.807, 2.05) is 24.3 Å². The molecule has 1 N–H and O–H groups in total. The van der Waals surface area contributed by atoms with Crippen LogP contribution in [0.1, 0.15) is 31.7 Å². The zero-order chi connectivity index (χ0) is 13.2.